The van der Waals surface area contributed by atoms with Crippen LogP contribution in [0.4, 0.5) is 4.79 Å². The van der Waals surface area contributed by atoms with Crippen LogP contribution in [-0.2, 0) is 0 Å². The number of rotatable bonds is 2. The summed E-state index contributed by atoms with van der Waals surface area (Å²) in [5, 5.41) is 14.9. The van der Waals surface area contributed by atoms with Crippen LogP contribution in [0.2, 0.25) is 0 Å². The zero-order valence-corrected chi connectivity index (χ0v) is 12.6. The van der Waals surface area contributed by atoms with Crippen molar-refractivity contribution in [3.05, 3.63) is 69.3 Å². The van der Waals surface area contributed by atoms with Crippen molar-refractivity contribution in [1.82, 2.24) is 4.57 Å². The van der Waals surface area contributed by atoms with E-state index in [1.54, 1.807) is 24.3 Å². The van der Waals surface area contributed by atoms with Gasteiger partial charge in [0.2, 0.25) is 0 Å². The molecule has 0 bridgehead atoms. The molecular formula is C17H12NO3S-. The van der Waals surface area contributed by atoms with Crippen LogP contribution in [0.3, 0.4) is 0 Å². The topological polar surface area (TPSA) is 62.1 Å². The third kappa shape index (κ3) is 2.46. The van der Waals surface area contributed by atoms with Crippen LogP contribution in [-0.4, -0.2) is 10.7 Å². The Kier molecular flexibility index (Phi) is 3.65. The molecule has 0 amide bonds. The number of carbonyl (C=O) groups excluding carboxylic acids is 1. The van der Waals surface area contributed by atoms with E-state index in [1.165, 1.54) is 6.20 Å². The van der Waals surface area contributed by atoms with Gasteiger partial charge in [-0.15, -0.1) is 0 Å². The average Bonchev–Trinajstić information content (AvgIpc) is 3.04. The molecule has 0 unspecified atom stereocenters. The molecular weight excluding hydrogens is 298 g/mol. The van der Waals surface area contributed by atoms with Crippen LogP contribution in [0.5, 0.6) is 0 Å². The van der Waals surface area contributed by atoms with E-state index in [2.05, 4.69) is 5.38 Å². The molecule has 2 aromatic heterocycles. The molecule has 5 heteroatoms. The van der Waals surface area contributed by atoms with Gasteiger partial charge in [-0.1, -0.05) is 24.3 Å². The first-order chi connectivity index (χ1) is 10.6. The maximum Gasteiger partial charge on any atom is 0.259 e. The standard InChI is InChI=1S/C17H13NO3S/c1-11-15(6-8-18(16(11)19)17(20)21)13-4-2-12(3-5-13)14-7-9-22-10-14/h2-10H,1H3,(H,20,21)/p-1. The number of hydrogen-bond donors (Lipinski definition) is 0. The molecule has 3 aromatic rings. The van der Waals surface area contributed by atoms with Gasteiger partial charge in [-0.25, -0.2) is 0 Å². The third-order valence-corrected chi connectivity index (χ3v) is 4.26. The Hall–Kier alpha value is -2.66. The van der Waals surface area contributed by atoms with E-state index < -0.39 is 11.7 Å². The van der Waals surface area contributed by atoms with Crippen LogP contribution in [0.25, 0.3) is 22.3 Å². The highest BCUT2D eigenvalue weighted by Crippen LogP contribution is 2.26. The highest BCUT2D eigenvalue weighted by molar-refractivity contribution is 7.08. The quantitative estimate of drug-likeness (QED) is 0.731. The van der Waals surface area contributed by atoms with Crippen molar-refractivity contribution in [3.8, 4) is 22.3 Å². The predicted octanol–water partition coefficient (Wildman–Crippen LogP) is 2.74. The summed E-state index contributed by atoms with van der Waals surface area (Å²) < 4.78 is 0.582. The van der Waals surface area contributed by atoms with Crippen molar-refractivity contribution in [2.45, 2.75) is 6.92 Å². The van der Waals surface area contributed by atoms with E-state index in [4.69, 9.17) is 0 Å². The van der Waals surface area contributed by atoms with Gasteiger partial charge in [0.1, 0.15) is 6.09 Å². The summed E-state index contributed by atoms with van der Waals surface area (Å²) in [6, 6.07) is 11.5. The summed E-state index contributed by atoms with van der Waals surface area (Å²) in [6.07, 6.45) is -0.292. The molecule has 0 aliphatic carbocycles. The van der Waals surface area contributed by atoms with Crippen LogP contribution < -0.4 is 10.7 Å². The lowest BCUT2D eigenvalue weighted by Crippen LogP contribution is -2.37. The molecule has 1 aromatic carbocycles. The number of carboxylic acid groups (broad SMARTS) is 1. The number of hydrogen-bond acceptors (Lipinski definition) is 4. The second kappa shape index (κ2) is 5.61. The molecule has 4 nitrogen and oxygen atoms in total. The molecule has 22 heavy (non-hydrogen) atoms. The summed E-state index contributed by atoms with van der Waals surface area (Å²) in [7, 11) is 0. The van der Waals surface area contributed by atoms with E-state index in [0.717, 1.165) is 22.3 Å². The first kappa shape index (κ1) is 14.3. The second-order valence-electron chi connectivity index (χ2n) is 4.88. The number of benzene rings is 1. The Morgan fingerprint density at radius 1 is 1.05 bits per heavy atom. The molecule has 0 N–H and O–H groups in total. The fraction of sp³-hybridized carbons (Fsp3) is 0.0588. The Balaban J connectivity index is 2.03. The minimum absolute atomic E-state index is 0.384. The minimum atomic E-state index is -1.52. The summed E-state index contributed by atoms with van der Waals surface area (Å²) in [4.78, 5) is 22.9. The van der Waals surface area contributed by atoms with Crippen molar-refractivity contribution >= 4 is 17.4 Å². The van der Waals surface area contributed by atoms with Crippen LogP contribution in [0.15, 0.2) is 58.1 Å². The van der Waals surface area contributed by atoms with Crippen molar-refractivity contribution in [2.75, 3.05) is 0 Å². The Morgan fingerprint density at radius 3 is 2.32 bits per heavy atom. The summed E-state index contributed by atoms with van der Waals surface area (Å²) in [5.41, 5.74) is 3.67. The number of nitrogens with zero attached hydrogens (tertiary/aromatic N) is 1. The lowest BCUT2D eigenvalue weighted by molar-refractivity contribution is -0.250. The second-order valence-corrected chi connectivity index (χ2v) is 5.66. The Labute approximate surface area is 130 Å². The highest BCUT2D eigenvalue weighted by Gasteiger charge is 2.08. The maximum atomic E-state index is 12.0. The fourth-order valence-corrected chi connectivity index (χ4v) is 3.03. The predicted molar refractivity (Wildman–Crippen MR) is 85.0 cm³/mol. The van der Waals surface area contributed by atoms with Gasteiger partial charge in [-0.2, -0.15) is 11.3 Å². The van der Waals surface area contributed by atoms with Crippen molar-refractivity contribution < 1.29 is 9.90 Å². The highest BCUT2D eigenvalue weighted by atomic mass is 32.1. The summed E-state index contributed by atoms with van der Waals surface area (Å²) in [6.45, 7) is 1.61. The molecule has 0 atom stereocenters. The monoisotopic (exact) mass is 310 g/mol. The van der Waals surface area contributed by atoms with Crippen LogP contribution >= 0.6 is 11.3 Å². The van der Waals surface area contributed by atoms with Crippen molar-refractivity contribution in [1.29, 1.82) is 0 Å². The van der Waals surface area contributed by atoms with Gasteiger partial charge in [0.05, 0.1) is 0 Å². The SMILES string of the molecule is Cc1c(-c2ccc(-c3ccsc3)cc2)ccn(C(=O)[O-])c1=O. The molecule has 2 heterocycles. The summed E-state index contributed by atoms with van der Waals surface area (Å²) >= 11 is 1.64. The number of aromatic nitrogens is 1. The normalized spacial score (nSPS) is 10.6. The molecule has 0 saturated heterocycles. The van der Waals surface area contributed by atoms with Gasteiger partial charge < -0.3 is 9.90 Å². The lowest BCUT2D eigenvalue weighted by atomic mass is 9.99. The first-order valence-corrected chi connectivity index (χ1v) is 7.59. The molecule has 0 aliphatic rings. The van der Waals surface area contributed by atoms with Gasteiger partial charge in [0.15, 0.2) is 0 Å². The van der Waals surface area contributed by atoms with Gasteiger partial charge in [-0.3, -0.25) is 9.36 Å². The number of carbonyl (C=O) groups is 1. The molecule has 3 rings (SSSR count). The zero-order valence-electron chi connectivity index (χ0n) is 11.8. The average molecular weight is 310 g/mol. The van der Waals surface area contributed by atoms with Gasteiger partial charge in [0, 0.05) is 11.8 Å². The van der Waals surface area contributed by atoms with Gasteiger partial charge >= 0.3 is 0 Å². The largest absolute Gasteiger partial charge is 0.529 e. The van der Waals surface area contributed by atoms with E-state index >= 15 is 0 Å². The number of thiophene rings is 1. The molecule has 110 valence electrons. The molecule has 0 spiro atoms. The first-order valence-electron chi connectivity index (χ1n) is 6.64. The third-order valence-electron chi connectivity index (χ3n) is 3.58. The minimum Gasteiger partial charge on any atom is -0.529 e. The Morgan fingerprint density at radius 2 is 1.73 bits per heavy atom. The lowest BCUT2D eigenvalue weighted by Gasteiger charge is -2.11. The Bertz CT molecular complexity index is 877. The van der Waals surface area contributed by atoms with Crippen LogP contribution in [0.1, 0.15) is 5.56 Å². The van der Waals surface area contributed by atoms with E-state index in [0.29, 0.717) is 10.1 Å². The fourth-order valence-electron chi connectivity index (χ4n) is 2.37. The van der Waals surface area contributed by atoms with Crippen molar-refractivity contribution in [3.63, 3.8) is 0 Å². The molecule has 0 saturated carbocycles. The molecule has 0 aliphatic heterocycles. The smallest absolute Gasteiger partial charge is 0.259 e. The number of pyridine rings is 1. The molecule has 0 radical (unpaired) electrons. The van der Waals surface area contributed by atoms with E-state index in [1.807, 2.05) is 35.7 Å². The molecule has 0 fully saturated rings. The van der Waals surface area contributed by atoms with E-state index in [9.17, 15) is 14.7 Å². The maximum absolute atomic E-state index is 12.0. The zero-order chi connectivity index (χ0) is 15.7. The van der Waals surface area contributed by atoms with Gasteiger partial charge in [-0.05, 0) is 52.1 Å². The summed E-state index contributed by atoms with van der Waals surface area (Å²) in [5.74, 6) is 0. The van der Waals surface area contributed by atoms with Crippen LogP contribution in [0, 0.1) is 6.92 Å². The van der Waals surface area contributed by atoms with E-state index in [-0.39, 0.29) is 0 Å². The van der Waals surface area contributed by atoms with Gasteiger partial charge in [0.25, 0.3) is 5.56 Å². The van der Waals surface area contributed by atoms with Crippen molar-refractivity contribution in [2.24, 2.45) is 0 Å².